The summed E-state index contributed by atoms with van der Waals surface area (Å²) in [7, 11) is 0. The van der Waals surface area contributed by atoms with Crippen LogP contribution in [0, 0.1) is 17.8 Å². The van der Waals surface area contributed by atoms with Gasteiger partial charge in [0.1, 0.15) is 17.2 Å². The fraction of sp³-hybridized carbons (Fsp3) is 0.773. The molecule has 5 nitrogen and oxygen atoms in total. The lowest BCUT2D eigenvalue weighted by Crippen LogP contribution is -2.49. The van der Waals surface area contributed by atoms with E-state index in [-0.39, 0.29) is 41.1 Å². The number of carbonyl (C=O) groups is 3. The number of nitrogens with zero attached hydrogens (tertiary/aromatic N) is 1. The third-order valence-electron chi connectivity index (χ3n) is 7.23. The van der Waals surface area contributed by atoms with Crippen LogP contribution in [0.25, 0.3) is 0 Å². The van der Waals surface area contributed by atoms with Crippen LogP contribution in [0.3, 0.4) is 0 Å². The summed E-state index contributed by atoms with van der Waals surface area (Å²) in [4.78, 5) is 40.5. The Balaban J connectivity index is 1.59. The molecule has 0 aromatic rings. The van der Waals surface area contributed by atoms with Crippen molar-refractivity contribution in [2.45, 2.75) is 77.2 Å². The molecule has 0 bridgehead atoms. The highest BCUT2D eigenvalue weighted by Gasteiger charge is 2.46. The summed E-state index contributed by atoms with van der Waals surface area (Å²) in [5.41, 5.74) is 1.30. The molecule has 2 saturated carbocycles. The van der Waals surface area contributed by atoms with Crippen molar-refractivity contribution in [3.8, 4) is 0 Å². The summed E-state index contributed by atoms with van der Waals surface area (Å²) in [6.07, 6.45) is 9.58. The Morgan fingerprint density at radius 2 is 1.44 bits per heavy atom. The molecule has 4 rings (SSSR count). The second kappa shape index (κ2) is 7.76. The highest BCUT2D eigenvalue weighted by molar-refractivity contribution is 6.13. The molecule has 2 unspecified atom stereocenters. The number of Topliss-reactive ketones (excluding diaryl/α,β-unsaturated/α-hetero) is 3. The van der Waals surface area contributed by atoms with Crippen LogP contribution in [0.4, 0.5) is 0 Å². The molecule has 1 aliphatic heterocycles. The molecule has 0 amide bonds. The molecule has 0 aromatic heterocycles. The van der Waals surface area contributed by atoms with Crippen LogP contribution in [0.15, 0.2) is 11.4 Å². The number of rotatable bonds is 4. The lowest BCUT2D eigenvalue weighted by atomic mass is 9.69. The Kier molecular flexibility index (Phi) is 5.38. The van der Waals surface area contributed by atoms with E-state index in [0.29, 0.717) is 11.4 Å². The number of allylic oxidation sites excluding steroid dienone is 2. The van der Waals surface area contributed by atoms with Gasteiger partial charge in [-0.15, -0.1) is 0 Å². The monoisotopic (exact) mass is 372 g/mol. The molecule has 0 aromatic carbocycles. The Hall–Kier alpha value is -1.65. The van der Waals surface area contributed by atoms with Crippen molar-refractivity contribution in [2.75, 3.05) is 13.1 Å². The van der Waals surface area contributed by atoms with Gasteiger partial charge in [0.05, 0.1) is 0 Å². The molecule has 1 heterocycles. The summed E-state index contributed by atoms with van der Waals surface area (Å²) in [5, 5.41) is 3.51. The Morgan fingerprint density at radius 1 is 0.852 bits per heavy atom. The highest BCUT2D eigenvalue weighted by Crippen LogP contribution is 2.40. The van der Waals surface area contributed by atoms with Gasteiger partial charge in [-0.1, -0.05) is 12.8 Å². The smallest absolute Gasteiger partial charge is 0.184 e. The quantitative estimate of drug-likeness (QED) is 0.822. The van der Waals surface area contributed by atoms with Gasteiger partial charge in [-0.25, -0.2) is 0 Å². The van der Waals surface area contributed by atoms with E-state index in [0.717, 1.165) is 77.3 Å². The van der Waals surface area contributed by atoms with Crippen molar-refractivity contribution >= 4 is 17.3 Å². The molecule has 3 aliphatic carbocycles. The van der Waals surface area contributed by atoms with E-state index in [1.54, 1.807) is 6.92 Å². The van der Waals surface area contributed by atoms with E-state index >= 15 is 0 Å². The molecule has 1 saturated heterocycles. The van der Waals surface area contributed by atoms with Crippen molar-refractivity contribution in [3.05, 3.63) is 11.4 Å². The SMILES string of the molecule is CC(=O)C1CCC(NC2=C(N3CCCC3)C(=O)C3CCCCC3C2=O)CC1. The van der Waals surface area contributed by atoms with Crippen molar-refractivity contribution < 1.29 is 14.4 Å². The van der Waals surface area contributed by atoms with E-state index in [4.69, 9.17) is 0 Å². The molecular formula is C22H32N2O3. The second-order valence-corrected chi connectivity index (χ2v) is 8.95. The van der Waals surface area contributed by atoms with Crippen LogP contribution in [0.2, 0.25) is 0 Å². The minimum absolute atomic E-state index is 0.0964. The standard InChI is InChI=1S/C22H32N2O3/c1-14(25)15-8-10-16(11-9-15)23-19-20(24-12-4-5-13-24)22(27)18-7-3-2-6-17(18)21(19)26/h15-18,23H,2-13H2,1H3. The third kappa shape index (κ3) is 3.57. The summed E-state index contributed by atoms with van der Waals surface area (Å²) >= 11 is 0. The molecule has 148 valence electrons. The van der Waals surface area contributed by atoms with Gasteiger partial charge in [-0.2, -0.15) is 0 Å². The molecule has 27 heavy (non-hydrogen) atoms. The van der Waals surface area contributed by atoms with Crippen molar-refractivity contribution in [2.24, 2.45) is 17.8 Å². The third-order valence-corrected chi connectivity index (χ3v) is 7.23. The van der Waals surface area contributed by atoms with Crippen LogP contribution >= 0.6 is 0 Å². The second-order valence-electron chi connectivity index (χ2n) is 8.95. The molecule has 2 atom stereocenters. The number of fused-ring (bicyclic) bond motifs is 1. The normalized spacial score (nSPS) is 34.6. The first-order chi connectivity index (χ1) is 13.1. The van der Waals surface area contributed by atoms with Crippen LogP contribution in [0.5, 0.6) is 0 Å². The Bertz CT molecular complexity index is 654. The molecule has 5 heteroatoms. The summed E-state index contributed by atoms with van der Waals surface area (Å²) in [6, 6.07) is 0.199. The van der Waals surface area contributed by atoms with E-state index in [1.807, 2.05) is 0 Å². The van der Waals surface area contributed by atoms with E-state index < -0.39 is 0 Å². The summed E-state index contributed by atoms with van der Waals surface area (Å²) in [6.45, 7) is 3.45. The van der Waals surface area contributed by atoms with Gasteiger partial charge >= 0.3 is 0 Å². The van der Waals surface area contributed by atoms with Crippen LogP contribution in [-0.4, -0.2) is 41.4 Å². The summed E-state index contributed by atoms with van der Waals surface area (Å²) in [5.74, 6) is 0.617. The largest absolute Gasteiger partial charge is 0.378 e. The van der Waals surface area contributed by atoms with E-state index in [1.165, 1.54) is 0 Å². The van der Waals surface area contributed by atoms with Gasteiger partial charge in [0, 0.05) is 36.9 Å². The number of ketones is 3. The lowest BCUT2D eigenvalue weighted by molar-refractivity contribution is -0.133. The van der Waals surface area contributed by atoms with Crippen LogP contribution in [-0.2, 0) is 14.4 Å². The Labute approximate surface area is 161 Å². The molecule has 4 aliphatic rings. The minimum atomic E-state index is -0.117. The fourth-order valence-corrected chi connectivity index (χ4v) is 5.60. The fourth-order valence-electron chi connectivity index (χ4n) is 5.60. The van der Waals surface area contributed by atoms with Crippen LogP contribution < -0.4 is 5.32 Å². The molecule has 1 N–H and O–H groups in total. The number of likely N-dealkylation sites (tertiary alicyclic amines) is 1. The predicted molar refractivity (Wildman–Crippen MR) is 103 cm³/mol. The maximum Gasteiger partial charge on any atom is 0.184 e. The zero-order valence-corrected chi connectivity index (χ0v) is 16.5. The average molecular weight is 373 g/mol. The molecule has 0 spiro atoms. The Morgan fingerprint density at radius 3 is 2.04 bits per heavy atom. The number of hydrogen-bond donors (Lipinski definition) is 1. The number of carbonyl (C=O) groups excluding carboxylic acids is 3. The van der Waals surface area contributed by atoms with Gasteiger partial charge in [0.2, 0.25) is 0 Å². The van der Waals surface area contributed by atoms with Crippen molar-refractivity contribution in [3.63, 3.8) is 0 Å². The predicted octanol–water partition coefficient (Wildman–Crippen LogP) is 2.99. The minimum Gasteiger partial charge on any atom is -0.378 e. The topological polar surface area (TPSA) is 66.5 Å². The van der Waals surface area contributed by atoms with Gasteiger partial charge in [0.15, 0.2) is 11.6 Å². The van der Waals surface area contributed by atoms with Crippen molar-refractivity contribution in [1.82, 2.24) is 10.2 Å². The van der Waals surface area contributed by atoms with E-state index in [2.05, 4.69) is 10.2 Å². The molecular weight excluding hydrogens is 340 g/mol. The number of nitrogens with one attached hydrogen (secondary N) is 1. The zero-order valence-electron chi connectivity index (χ0n) is 16.5. The van der Waals surface area contributed by atoms with E-state index in [9.17, 15) is 14.4 Å². The zero-order chi connectivity index (χ0) is 19.0. The maximum atomic E-state index is 13.4. The van der Waals surface area contributed by atoms with Crippen molar-refractivity contribution in [1.29, 1.82) is 0 Å². The van der Waals surface area contributed by atoms with Gasteiger partial charge < -0.3 is 10.2 Å². The summed E-state index contributed by atoms with van der Waals surface area (Å²) < 4.78 is 0. The molecule has 0 radical (unpaired) electrons. The first-order valence-electron chi connectivity index (χ1n) is 10.9. The first kappa shape index (κ1) is 18.7. The average Bonchev–Trinajstić information content (AvgIpc) is 3.21. The number of hydrogen-bond acceptors (Lipinski definition) is 5. The molecule has 3 fully saturated rings. The van der Waals surface area contributed by atoms with Crippen LogP contribution in [0.1, 0.15) is 71.1 Å². The first-order valence-corrected chi connectivity index (χ1v) is 10.9. The lowest BCUT2D eigenvalue weighted by Gasteiger charge is -2.39. The van der Waals surface area contributed by atoms with Gasteiger partial charge in [0.25, 0.3) is 0 Å². The highest BCUT2D eigenvalue weighted by atomic mass is 16.1. The maximum absolute atomic E-state index is 13.4. The van der Waals surface area contributed by atoms with Gasteiger partial charge in [-0.05, 0) is 58.3 Å². The van der Waals surface area contributed by atoms with Gasteiger partial charge in [-0.3, -0.25) is 14.4 Å².